The summed E-state index contributed by atoms with van der Waals surface area (Å²) in [6.45, 7) is 2.28. The third kappa shape index (κ3) is 4.94. The number of hydrogen-bond donors (Lipinski definition) is 2. The molecule has 6 heteroatoms. The van der Waals surface area contributed by atoms with E-state index >= 15 is 0 Å². The molecule has 6 nitrogen and oxygen atoms in total. The molecule has 0 saturated carbocycles. The number of nitrogens with zero attached hydrogens (tertiary/aromatic N) is 1. The first-order valence-corrected chi connectivity index (χ1v) is 8.98. The van der Waals surface area contributed by atoms with Crippen molar-refractivity contribution in [1.82, 2.24) is 10.7 Å². The maximum atomic E-state index is 12.1. The van der Waals surface area contributed by atoms with Crippen LogP contribution < -0.4 is 15.5 Å². The Morgan fingerprint density at radius 2 is 1.75 bits per heavy atom. The Bertz CT molecular complexity index is 992. The molecule has 0 bridgehead atoms. The standard InChI is InChI=1S/C22H21N3O3/c1-2-28-19-12-10-17(11-13-19)22(27)23-15-21(26)25-24-14-18-8-5-7-16-6-3-4-9-20(16)18/h3-14H,2,15H2,1H3,(H,23,27)(H,25,26)/b24-14-. The van der Waals surface area contributed by atoms with E-state index in [0.29, 0.717) is 17.9 Å². The number of amides is 2. The number of carbonyl (C=O) groups excluding carboxylic acids is 2. The second-order valence-electron chi connectivity index (χ2n) is 6.00. The quantitative estimate of drug-likeness (QED) is 0.492. The van der Waals surface area contributed by atoms with Crippen LogP contribution in [0.4, 0.5) is 0 Å². The zero-order chi connectivity index (χ0) is 19.8. The lowest BCUT2D eigenvalue weighted by Crippen LogP contribution is -2.34. The van der Waals surface area contributed by atoms with Crippen LogP contribution in [0.2, 0.25) is 0 Å². The Balaban J connectivity index is 1.51. The molecule has 142 valence electrons. The van der Waals surface area contributed by atoms with E-state index in [1.807, 2.05) is 49.4 Å². The second kappa shape index (κ2) is 9.32. The Morgan fingerprint density at radius 3 is 2.54 bits per heavy atom. The predicted octanol–water partition coefficient (Wildman–Crippen LogP) is 3.12. The van der Waals surface area contributed by atoms with Crippen LogP contribution in [0.15, 0.2) is 71.8 Å². The maximum Gasteiger partial charge on any atom is 0.259 e. The van der Waals surface area contributed by atoms with E-state index in [2.05, 4.69) is 15.8 Å². The highest BCUT2D eigenvalue weighted by atomic mass is 16.5. The van der Waals surface area contributed by atoms with Gasteiger partial charge >= 0.3 is 0 Å². The smallest absolute Gasteiger partial charge is 0.259 e. The zero-order valence-corrected chi connectivity index (χ0v) is 15.5. The van der Waals surface area contributed by atoms with E-state index in [9.17, 15) is 9.59 Å². The van der Waals surface area contributed by atoms with Crippen molar-refractivity contribution in [3.8, 4) is 5.75 Å². The van der Waals surface area contributed by atoms with Crippen molar-refractivity contribution in [2.75, 3.05) is 13.2 Å². The summed E-state index contributed by atoms with van der Waals surface area (Å²) >= 11 is 0. The maximum absolute atomic E-state index is 12.1. The van der Waals surface area contributed by atoms with Crippen LogP contribution in [-0.4, -0.2) is 31.2 Å². The van der Waals surface area contributed by atoms with Gasteiger partial charge in [0.1, 0.15) is 5.75 Å². The number of rotatable bonds is 7. The summed E-state index contributed by atoms with van der Waals surface area (Å²) in [6, 6.07) is 20.5. The lowest BCUT2D eigenvalue weighted by molar-refractivity contribution is -0.120. The van der Waals surface area contributed by atoms with E-state index in [0.717, 1.165) is 16.3 Å². The number of nitrogens with one attached hydrogen (secondary N) is 2. The highest BCUT2D eigenvalue weighted by molar-refractivity contribution is 6.00. The number of fused-ring (bicyclic) bond motifs is 1. The van der Waals surface area contributed by atoms with Gasteiger partial charge in [-0.25, -0.2) is 5.43 Å². The van der Waals surface area contributed by atoms with Gasteiger partial charge in [-0.3, -0.25) is 9.59 Å². The molecule has 2 amide bonds. The van der Waals surface area contributed by atoms with Crippen molar-refractivity contribution in [3.05, 3.63) is 77.9 Å². The summed E-state index contributed by atoms with van der Waals surface area (Å²) in [5, 5.41) is 8.69. The normalized spacial score (nSPS) is 10.8. The minimum absolute atomic E-state index is 0.168. The van der Waals surface area contributed by atoms with Gasteiger partial charge < -0.3 is 10.1 Å². The van der Waals surface area contributed by atoms with E-state index in [-0.39, 0.29) is 12.5 Å². The molecule has 3 aromatic carbocycles. The fourth-order valence-electron chi connectivity index (χ4n) is 2.71. The molecule has 0 saturated heterocycles. The van der Waals surface area contributed by atoms with Gasteiger partial charge in [-0.1, -0.05) is 42.5 Å². The molecule has 0 heterocycles. The Hall–Kier alpha value is -3.67. The van der Waals surface area contributed by atoms with Gasteiger partial charge in [0.25, 0.3) is 11.8 Å². The van der Waals surface area contributed by atoms with E-state index in [4.69, 9.17) is 4.74 Å². The van der Waals surface area contributed by atoms with Crippen LogP contribution in [0.1, 0.15) is 22.8 Å². The van der Waals surface area contributed by atoms with Crippen LogP contribution in [0.5, 0.6) is 5.75 Å². The first kappa shape index (κ1) is 19.1. The second-order valence-corrected chi connectivity index (χ2v) is 6.00. The van der Waals surface area contributed by atoms with Gasteiger partial charge in [0.05, 0.1) is 19.4 Å². The van der Waals surface area contributed by atoms with Crippen molar-refractivity contribution in [2.45, 2.75) is 6.92 Å². The highest BCUT2D eigenvalue weighted by Crippen LogP contribution is 2.16. The monoisotopic (exact) mass is 375 g/mol. The number of carbonyl (C=O) groups is 2. The van der Waals surface area contributed by atoms with E-state index in [1.165, 1.54) is 0 Å². The van der Waals surface area contributed by atoms with Gasteiger partial charge in [-0.05, 0) is 42.0 Å². The van der Waals surface area contributed by atoms with Gasteiger partial charge in [0.15, 0.2) is 0 Å². The predicted molar refractivity (Wildman–Crippen MR) is 110 cm³/mol. The van der Waals surface area contributed by atoms with Crippen LogP contribution in [0, 0.1) is 0 Å². The zero-order valence-electron chi connectivity index (χ0n) is 15.5. The summed E-state index contributed by atoms with van der Waals surface area (Å²) in [4.78, 5) is 24.0. The van der Waals surface area contributed by atoms with E-state index < -0.39 is 5.91 Å². The molecule has 0 aromatic heterocycles. The average molecular weight is 375 g/mol. The number of hydrogen-bond acceptors (Lipinski definition) is 4. The van der Waals surface area contributed by atoms with Gasteiger partial charge in [0.2, 0.25) is 0 Å². The summed E-state index contributed by atoms with van der Waals surface area (Å²) in [7, 11) is 0. The highest BCUT2D eigenvalue weighted by Gasteiger charge is 2.08. The summed E-state index contributed by atoms with van der Waals surface area (Å²) in [6.07, 6.45) is 1.59. The summed E-state index contributed by atoms with van der Waals surface area (Å²) in [5.74, 6) is -0.0495. The van der Waals surface area contributed by atoms with Crippen molar-refractivity contribution in [2.24, 2.45) is 5.10 Å². The van der Waals surface area contributed by atoms with Gasteiger partial charge in [-0.2, -0.15) is 5.10 Å². The third-order valence-corrected chi connectivity index (χ3v) is 4.05. The molecule has 0 spiro atoms. The first-order valence-electron chi connectivity index (χ1n) is 8.98. The molecule has 0 unspecified atom stereocenters. The number of hydrazone groups is 1. The molecule has 0 radical (unpaired) electrons. The molecule has 3 aromatic rings. The molecule has 3 rings (SSSR count). The van der Waals surface area contributed by atoms with Crippen molar-refractivity contribution in [3.63, 3.8) is 0 Å². The van der Waals surface area contributed by atoms with E-state index in [1.54, 1.807) is 30.5 Å². The Labute approximate surface area is 163 Å². The van der Waals surface area contributed by atoms with Crippen LogP contribution in [0.3, 0.4) is 0 Å². The molecule has 28 heavy (non-hydrogen) atoms. The largest absolute Gasteiger partial charge is 0.494 e. The van der Waals surface area contributed by atoms with Crippen molar-refractivity contribution < 1.29 is 14.3 Å². The minimum Gasteiger partial charge on any atom is -0.494 e. The fraction of sp³-hybridized carbons (Fsp3) is 0.136. The Kier molecular flexibility index (Phi) is 6.36. The molecule has 0 aliphatic heterocycles. The van der Waals surface area contributed by atoms with Crippen molar-refractivity contribution in [1.29, 1.82) is 0 Å². The van der Waals surface area contributed by atoms with Gasteiger partial charge in [0, 0.05) is 11.1 Å². The average Bonchev–Trinajstić information content (AvgIpc) is 2.73. The SMILES string of the molecule is CCOc1ccc(C(=O)NCC(=O)N/N=C\c2cccc3ccccc23)cc1. The molecule has 0 fully saturated rings. The molecular weight excluding hydrogens is 354 g/mol. The molecule has 2 N–H and O–H groups in total. The first-order chi connectivity index (χ1) is 13.7. The molecular formula is C22H21N3O3. The number of benzene rings is 3. The fourth-order valence-corrected chi connectivity index (χ4v) is 2.71. The third-order valence-electron chi connectivity index (χ3n) is 4.05. The topological polar surface area (TPSA) is 79.8 Å². The minimum atomic E-state index is -0.407. The Morgan fingerprint density at radius 1 is 1.00 bits per heavy atom. The van der Waals surface area contributed by atoms with Crippen LogP contribution in [-0.2, 0) is 4.79 Å². The lowest BCUT2D eigenvalue weighted by Gasteiger charge is -2.06. The summed E-state index contributed by atoms with van der Waals surface area (Å²) < 4.78 is 5.33. The van der Waals surface area contributed by atoms with Crippen molar-refractivity contribution >= 4 is 28.8 Å². The number of ether oxygens (including phenoxy) is 1. The van der Waals surface area contributed by atoms with Gasteiger partial charge in [-0.15, -0.1) is 0 Å². The van der Waals surface area contributed by atoms with Crippen LogP contribution >= 0.6 is 0 Å². The molecule has 0 aliphatic carbocycles. The molecule has 0 aliphatic rings. The van der Waals surface area contributed by atoms with Crippen LogP contribution in [0.25, 0.3) is 10.8 Å². The summed E-state index contributed by atoms with van der Waals surface area (Å²) in [5.41, 5.74) is 3.78. The molecule has 0 atom stereocenters. The lowest BCUT2D eigenvalue weighted by atomic mass is 10.1.